The molecule has 0 spiro atoms. The SMILES string of the molecule is O=C(O)c1ccn(-c2cc([N+](=O)[O-])ccn2)n1. The highest BCUT2D eigenvalue weighted by Gasteiger charge is 2.11. The molecule has 2 rings (SSSR count). The largest absolute Gasteiger partial charge is 0.476 e. The van der Waals surface area contributed by atoms with E-state index < -0.39 is 10.9 Å². The third kappa shape index (κ3) is 2.09. The van der Waals surface area contributed by atoms with Gasteiger partial charge in [-0.05, 0) is 6.07 Å². The molecule has 0 aliphatic rings. The number of hydrogen-bond donors (Lipinski definition) is 1. The molecular weight excluding hydrogens is 228 g/mol. The first-order chi connectivity index (χ1) is 8.08. The van der Waals surface area contributed by atoms with E-state index in [0.29, 0.717) is 0 Å². The molecule has 8 nitrogen and oxygen atoms in total. The van der Waals surface area contributed by atoms with Crippen LogP contribution in [0.15, 0.2) is 30.6 Å². The van der Waals surface area contributed by atoms with Gasteiger partial charge in [0.15, 0.2) is 11.5 Å². The first-order valence-electron chi connectivity index (χ1n) is 4.48. The van der Waals surface area contributed by atoms with Gasteiger partial charge in [0.05, 0.1) is 11.0 Å². The van der Waals surface area contributed by atoms with Gasteiger partial charge in [0.2, 0.25) is 0 Å². The molecule has 0 atom stereocenters. The highest BCUT2D eigenvalue weighted by Crippen LogP contribution is 2.13. The van der Waals surface area contributed by atoms with E-state index in [1.165, 1.54) is 30.6 Å². The summed E-state index contributed by atoms with van der Waals surface area (Å²) in [6.07, 6.45) is 2.63. The average Bonchev–Trinajstić information content (AvgIpc) is 2.78. The summed E-state index contributed by atoms with van der Waals surface area (Å²) >= 11 is 0. The molecule has 0 fully saturated rings. The van der Waals surface area contributed by atoms with E-state index >= 15 is 0 Å². The van der Waals surface area contributed by atoms with Crippen molar-refractivity contribution in [1.82, 2.24) is 14.8 Å². The van der Waals surface area contributed by atoms with Crippen LogP contribution in [0.4, 0.5) is 5.69 Å². The molecule has 0 saturated heterocycles. The second-order valence-corrected chi connectivity index (χ2v) is 3.08. The van der Waals surface area contributed by atoms with Crippen LogP contribution in [-0.4, -0.2) is 30.8 Å². The fourth-order valence-corrected chi connectivity index (χ4v) is 1.21. The number of hydrogen-bond acceptors (Lipinski definition) is 5. The predicted octanol–water partition coefficient (Wildman–Crippen LogP) is 0.874. The van der Waals surface area contributed by atoms with Crippen LogP contribution >= 0.6 is 0 Å². The molecule has 2 aromatic heterocycles. The number of nitro groups is 1. The van der Waals surface area contributed by atoms with Gasteiger partial charge in [0, 0.05) is 18.5 Å². The van der Waals surface area contributed by atoms with E-state index in [2.05, 4.69) is 10.1 Å². The molecule has 0 aliphatic carbocycles. The minimum Gasteiger partial charge on any atom is -0.476 e. The summed E-state index contributed by atoms with van der Waals surface area (Å²) in [7, 11) is 0. The van der Waals surface area contributed by atoms with Crippen molar-refractivity contribution in [3.63, 3.8) is 0 Å². The Kier molecular flexibility index (Phi) is 2.53. The monoisotopic (exact) mass is 234 g/mol. The maximum Gasteiger partial charge on any atom is 0.356 e. The zero-order valence-electron chi connectivity index (χ0n) is 8.35. The Morgan fingerprint density at radius 2 is 2.24 bits per heavy atom. The Morgan fingerprint density at radius 3 is 2.82 bits per heavy atom. The van der Waals surface area contributed by atoms with Gasteiger partial charge in [0.1, 0.15) is 0 Å². The molecule has 17 heavy (non-hydrogen) atoms. The lowest BCUT2D eigenvalue weighted by atomic mass is 10.4. The Bertz CT molecular complexity index is 592. The van der Waals surface area contributed by atoms with Crippen LogP contribution in [0.1, 0.15) is 10.5 Å². The van der Waals surface area contributed by atoms with Crippen LogP contribution in [0.25, 0.3) is 5.82 Å². The summed E-state index contributed by atoms with van der Waals surface area (Å²) in [5.41, 5.74) is -0.291. The van der Waals surface area contributed by atoms with Crippen molar-refractivity contribution in [1.29, 1.82) is 0 Å². The van der Waals surface area contributed by atoms with Crippen LogP contribution in [0.2, 0.25) is 0 Å². The lowest BCUT2D eigenvalue weighted by molar-refractivity contribution is -0.384. The Balaban J connectivity index is 2.42. The van der Waals surface area contributed by atoms with Crippen molar-refractivity contribution >= 4 is 11.7 Å². The van der Waals surface area contributed by atoms with Crippen LogP contribution in [0.3, 0.4) is 0 Å². The molecule has 8 heteroatoms. The van der Waals surface area contributed by atoms with Gasteiger partial charge in [-0.1, -0.05) is 0 Å². The fourth-order valence-electron chi connectivity index (χ4n) is 1.21. The van der Waals surface area contributed by atoms with Crippen LogP contribution in [0, 0.1) is 10.1 Å². The maximum atomic E-state index is 10.6. The standard InChI is InChI=1S/C9H6N4O4/c14-9(15)7-2-4-12(11-7)8-5-6(13(16)17)1-3-10-8/h1-5H,(H,14,15). The zero-order valence-corrected chi connectivity index (χ0v) is 8.35. The summed E-state index contributed by atoms with van der Waals surface area (Å²) in [5.74, 6) is -0.985. The minimum absolute atomic E-state index is 0.137. The summed E-state index contributed by atoms with van der Waals surface area (Å²) in [5, 5.41) is 22.9. The molecule has 0 unspecified atom stereocenters. The van der Waals surface area contributed by atoms with E-state index in [-0.39, 0.29) is 17.2 Å². The summed E-state index contributed by atoms with van der Waals surface area (Å²) in [6.45, 7) is 0. The highest BCUT2D eigenvalue weighted by molar-refractivity contribution is 5.85. The number of carboxylic acids is 1. The van der Waals surface area contributed by atoms with E-state index in [1.54, 1.807) is 0 Å². The minimum atomic E-state index is -1.17. The fraction of sp³-hybridized carbons (Fsp3) is 0. The molecule has 1 N–H and O–H groups in total. The molecule has 0 bridgehead atoms. The lowest BCUT2D eigenvalue weighted by Gasteiger charge is -1.98. The Hall–Kier alpha value is -2.77. The number of nitrogens with zero attached hydrogens (tertiary/aromatic N) is 4. The predicted molar refractivity (Wildman–Crippen MR) is 55.0 cm³/mol. The van der Waals surface area contributed by atoms with Gasteiger partial charge < -0.3 is 5.11 Å². The Morgan fingerprint density at radius 1 is 1.47 bits per heavy atom. The molecular formula is C9H6N4O4. The van der Waals surface area contributed by atoms with Gasteiger partial charge in [-0.3, -0.25) is 10.1 Å². The van der Waals surface area contributed by atoms with Crippen molar-refractivity contribution in [2.24, 2.45) is 0 Å². The molecule has 86 valence electrons. The molecule has 0 aromatic carbocycles. The van der Waals surface area contributed by atoms with Gasteiger partial charge in [0.25, 0.3) is 5.69 Å². The second kappa shape index (κ2) is 4.00. The quantitative estimate of drug-likeness (QED) is 0.623. The molecule has 0 radical (unpaired) electrons. The zero-order chi connectivity index (χ0) is 12.4. The summed E-state index contributed by atoms with van der Waals surface area (Å²) in [4.78, 5) is 24.5. The molecule has 2 aromatic rings. The third-order valence-electron chi connectivity index (χ3n) is 1.98. The normalized spacial score (nSPS) is 10.1. The first kappa shape index (κ1) is 10.7. The second-order valence-electron chi connectivity index (χ2n) is 3.08. The number of rotatable bonds is 3. The number of carbonyl (C=O) groups is 1. The Labute approximate surface area is 94.3 Å². The molecule has 0 aliphatic heterocycles. The van der Waals surface area contributed by atoms with Crippen LogP contribution < -0.4 is 0 Å². The van der Waals surface area contributed by atoms with Crippen molar-refractivity contribution in [3.05, 3.63) is 46.4 Å². The molecule has 2 heterocycles. The van der Waals surface area contributed by atoms with Gasteiger partial charge in [-0.25, -0.2) is 14.5 Å². The number of aromatic carboxylic acids is 1. The van der Waals surface area contributed by atoms with E-state index in [9.17, 15) is 14.9 Å². The molecule has 0 amide bonds. The smallest absolute Gasteiger partial charge is 0.356 e. The first-order valence-corrected chi connectivity index (χ1v) is 4.48. The summed E-state index contributed by atoms with van der Waals surface area (Å²) in [6, 6.07) is 3.73. The average molecular weight is 234 g/mol. The van der Waals surface area contributed by atoms with Crippen molar-refractivity contribution in [2.75, 3.05) is 0 Å². The van der Waals surface area contributed by atoms with Crippen LogP contribution in [0.5, 0.6) is 0 Å². The lowest BCUT2D eigenvalue weighted by Crippen LogP contribution is -2.03. The van der Waals surface area contributed by atoms with Crippen molar-refractivity contribution < 1.29 is 14.8 Å². The van der Waals surface area contributed by atoms with E-state index in [1.807, 2.05) is 0 Å². The maximum absolute atomic E-state index is 10.6. The van der Waals surface area contributed by atoms with Crippen molar-refractivity contribution in [3.8, 4) is 5.82 Å². The summed E-state index contributed by atoms with van der Waals surface area (Å²) < 4.78 is 1.16. The number of pyridine rings is 1. The van der Waals surface area contributed by atoms with Crippen LogP contribution in [-0.2, 0) is 0 Å². The number of carboxylic acid groups (broad SMARTS) is 1. The van der Waals surface area contributed by atoms with E-state index in [4.69, 9.17) is 5.11 Å². The van der Waals surface area contributed by atoms with E-state index in [0.717, 1.165) is 4.68 Å². The third-order valence-corrected chi connectivity index (χ3v) is 1.98. The van der Waals surface area contributed by atoms with Gasteiger partial charge in [-0.15, -0.1) is 0 Å². The molecule has 0 saturated carbocycles. The van der Waals surface area contributed by atoms with Crippen molar-refractivity contribution in [2.45, 2.75) is 0 Å². The van der Waals surface area contributed by atoms with Gasteiger partial charge in [-0.2, -0.15) is 5.10 Å². The highest BCUT2D eigenvalue weighted by atomic mass is 16.6. The topological polar surface area (TPSA) is 111 Å². The van der Waals surface area contributed by atoms with Gasteiger partial charge >= 0.3 is 5.97 Å². The number of aromatic nitrogens is 3.